The molecule has 11 nitrogen and oxygen atoms in total. The minimum absolute atomic E-state index is 0.0593. The van der Waals surface area contributed by atoms with Gasteiger partial charge in [-0.15, -0.1) is 0 Å². The molecule has 2 N–H and O–H groups in total. The summed E-state index contributed by atoms with van der Waals surface area (Å²) in [4.78, 5) is 39.1. The highest BCUT2D eigenvalue weighted by molar-refractivity contribution is 5.90. The second-order valence-corrected chi connectivity index (χ2v) is 12.1. The summed E-state index contributed by atoms with van der Waals surface area (Å²) in [5, 5.41) is 12.6. The summed E-state index contributed by atoms with van der Waals surface area (Å²) < 4.78 is 93.3. The highest BCUT2D eigenvalue weighted by Gasteiger charge is 2.39. The number of amides is 2. The monoisotopic (exact) mass is 724 g/mol. The summed E-state index contributed by atoms with van der Waals surface area (Å²) in [6.45, 7) is 4.07. The number of methoxy groups -OCH3 is 1. The number of rotatable bonds is 9. The molecule has 1 saturated heterocycles. The van der Waals surface area contributed by atoms with E-state index < -0.39 is 54.5 Å². The Morgan fingerprint density at radius 3 is 2.20 bits per heavy atom. The van der Waals surface area contributed by atoms with Gasteiger partial charge in [0.15, 0.2) is 0 Å². The molecular formula is C34H38F6N6O5. The van der Waals surface area contributed by atoms with E-state index in [9.17, 15) is 41.0 Å². The van der Waals surface area contributed by atoms with E-state index in [-0.39, 0.29) is 62.1 Å². The minimum Gasteiger partial charge on any atom is -0.497 e. The lowest BCUT2D eigenvalue weighted by Crippen LogP contribution is -2.49. The maximum atomic E-state index is 13.8. The summed E-state index contributed by atoms with van der Waals surface area (Å²) >= 11 is 0. The number of hydrogen-bond acceptors (Lipinski definition) is 9. The Morgan fingerprint density at radius 1 is 0.961 bits per heavy atom. The molecule has 3 aromatic rings. The zero-order valence-corrected chi connectivity index (χ0v) is 28.1. The molecule has 0 bridgehead atoms. The van der Waals surface area contributed by atoms with Crippen LogP contribution >= 0.6 is 0 Å². The van der Waals surface area contributed by atoms with E-state index >= 15 is 0 Å². The number of aliphatic hydroxyl groups is 1. The number of alkyl halides is 6. The number of benzene rings is 2. The van der Waals surface area contributed by atoms with E-state index in [1.807, 2.05) is 6.92 Å². The van der Waals surface area contributed by atoms with Crippen molar-refractivity contribution >= 4 is 29.3 Å². The van der Waals surface area contributed by atoms with E-state index in [4.69, 9.17) is 9.47 Å². The van der Waals surface area contributed by atoms with Crippen LogP contribution in [0.2, 0.25) is 0 Å². The predicted molar refractivity (Wildman–Crippen MR) is 175 cm³/mol. The minimum atomic E-state index is -5.03. The topological polar surface area (TPSA) is 120 Å². The van der Waals surface area contributed by atoms with Gasteiger partial charge in [0.1, 0.15) is 12.4 Å². The molecule has 51 heavy (non-hydrogen) atoms. The average Bonchev–Trinajstić information content (AvgIpc) is 3.10. The first kappa shape index (κ1) is 37.5. The Hall–Kier alpha value is -4.80. The van der Waals surface area contributed by atoms with E-state index in [1.54, 1.807) is 34.9 Å². The third kappa shape index (κ3) is 8.40. The Kier molecular flexibility index (Phi) is 11.2. The second-order valence-electron chi connectivity index (χ2n) is 12.1. The van der Waals surface area contributed by atoms with Crippen molar-refractivity contribution in [2.45, 2.75) is 57.5 Å². The van der Waals surface area contributed by atoms with Gasteiger partial charge in [0.05, 0.1) is 54.2 Å². The fourth-order valence-electron chi connectivity index (χ4n) is 6.43. The number of carbonyl (C=O) groups excluding carboxylic acids is 2. The van der Waals surface area contributed by atoms with Crippen LogP contribution in [0.4, 0.5) is 48.5 Å². The van der Waals surface area contributed by atoms with Gasteiger partial charge < -0.3 is 29.7 Å². The van der Waals surface area contributed by atoms with E-state index in [0.717, 1.165) is 0 Å². The first-order chi connectivity index (χ1) is 24.2. The van der Waals surface area contributed by atoms with Gasteiger partial charge in [0, 0.05) is 44.2 Å². The summed E-state index contributed by atoms with van der Waals surface area (Å²) in [7, 11) is 1.50. The van der Waals surface area contributed by atoms with Crippen molar-refractivity contribution in [3.63, 3.8) is 0 Å². The van der Waals surface area contributed by atoms with Crippen molar-refractivity contribution in [1.82, 2.24) is 14.9 Å². The van der Waals surface area contributed by atoms with Crippen molar-refractivity contribution < 1.29 is 50.5 Å². The standard InChI is InChI=1S/C34H38F6N6O5/c1-4-23-16-26(25-17-24(50-3)6-7-28(25)46(23)32(49)51-5-2)42-31-41-18-29(44-8-10-45(11-9-44)30(48)19-47)27(43-31)14-20-12-21(33(35,36)37)15-22(13-20)34(38,39)40/h6-7,12-13,15,17-18,23,26,47H,4-5,8-11,14,16,19H2,1-3H3,(H,41,42,43)/t23-,26+/m1/s1. The lowest BCUT2D eigenvalue weighted by Gasteiger charge is -2.40. The number of halogens is 6. The number of aromatic nitrogens is 2. The van der Waals surface area contributed by atoms with Crippen molar-refractivity contribution in [3.05, 3.63) is 70.5 Å². The van der Waals surface area contributed by atoms with Gasteiger partial charge in [0.25, 0.3) is 0 Å². The van der Waals surface area contributed by atoms with Crippen LogP contribution in [0.25, 0.3) is 0 Å². The third-order valence-electron chi connectivity index (χ3n) is 8.95. The first-order valence-corrected chi connectivity index (χ1v) is 16.3. The molecule has 5 rings (SSSR count). The van der Waals surface area contributed by atoms with Crippen LogP contribution in [0.5, 0.6) is 5.75 Å². The Bertz CT molecular complexity index is 1700. The number of aliphatic hydroxyl groups excluding tert-OH is 1. The van der Waals surface area contributed by atoms with Crippen LogP contribution in [-0.2, 0) is 28.3 Å². The zero-order valence-electron chi connectivity index (χ0n) is 28.1. The number of carbonyl (C=O) groups is 2. The molecule has 0 saturated carbocycles. The quantitative estimate of drug-likeness (QED) is 0.254. The van der Waals surface area contributed by atoms with Crippen LogP contribution < -0.4 is 19.9 Å². The fraction of sp³-hybridized carbons (Fsp3) is 0.471. The van der Waals surface area contributed by atoms with Gasteiger partial charge >= 0.3 is 18.4 Å². The van der Waals surface area contributed by atoms with Crippen molar-refractivity contribution in [2.75, 3.05) is 61.6 Å². The Labute approximate surface area is 290 Å². The number of piperazine rings is 1. The molecule has 2 aliphatic rings. The molecular weight excluding hydrogens is 686 g/mol. The molecule has 1 aromatic heterocycles. The predicted octanol–water partition coefficient (Wildman–Crippen LogP) is 6.05. The summed E-state index contributed by atoms with van der Waals surface area (Å²) in [6.07, 6.45) is -8.58. The zero-order chi connectivity index (χ0) is 37.1. The molecule has 17 heteroatoms. The summed E-state index contributed by atoms with van der Waals surface area (Å²) in [6, 6.07) is 5.85. The first-order valence-electron chi connectivity index (χ1n) is 16.3. The molecule has 0 unspecified atom stereocenters. The SMILES string of the molecule is CCOC(=O)N1c2ccc(OC)cc2[C@@H](Nc2ncc(N3CCN(C(=O)CO)CC3)c(Cc3cc(C(F)(F)F)cc(C(F)(F)F)c3)n2)C[C@H]1CC. The molecule has 1 fully saturated rings. The lowest BCUT2D eigenvalue weighted by atomic mass is 9.90. The number of anilines is 3. The average molecular weight is 725 g/mol. The van der Waals surface area contributed by atoms with Gasteiger partial charge in [-0.3, -0.25) is 9.69 Å². The third-order valence-corrected chi connectivity index (χ3v) is 8.95. The molecule has 2 aromatic carbocycles. The van der Waals surface area contributed by atoms with Gasteiger partial charge in [-0.05, 0) is 61.7 Å². The number of ether oxygens (including phenoxy) is 2. The van der Waals surface area contributed by atoms with E-state index in [2.05, 4.69) is 15.3 Å². The van der Waals surface area contributed by atoms with Crippen LogP contribution in [0.15, 0.2) is 42.6 Å². The summed E-state index contributed by atoms with van der Waals surface area (Å²) in [5.41, 5.74) is -1.39. The molecule has 3 heterocycles. The lowest BCUT2D eigenvalue weighted by molar-refractivity contribution is -0.143. The molecule has 276 valence electrons. The molecule has 0 aliphatic carbocycles. The highest BCUT2D eigenvalue weighted by atomic mass is 19.4. The van der Waals surface area contributed by atoms with Gasteiger partial charge in [-0.2, -0.15) is 26.3 Å². The van der Waals surface area contributed by atoms with Crippen molar-refractivity contribution in [3.8, 4) is 5.75 Å². The maximum Gasteiger partial charge on any atom is 0.416 e. The van der Waals surface area contributed by atoms with Crippen LogP contribution in [0, 0.1) is 0 Å². The van der Waals surface area contributed by atoms with Crippen LogP contribution in [0.1, 0.15) is 60.7 Å². The van der Waals surface area contributed by atoms with E-state index in [0.29, 0.717) is 47.7 Å². The van der Waals surface area contributed by atoms with Gasteiger partial charge in [-0.1, -0.05) is 6.92 Å². The van der Waals surface area contributed by atoms with Gasteiger partial charge in [-0.25, -0.2) is 14.8 Å². The van der Waals surface area contributed by atoms with Crippen LogP contribution in [-0.4, -0.2) is 84.5 Å². The number of hydrogen-bond donors (Lipinski definition) is 2. The molecule has 2 atom stereocenters. The number of fused-ring (bicyclic) bond motifs is 1. The maximum absolute atomic E-state index is 13.8. The van der Waals surface area contributed by atoms with Crippen LogP contribution in [0.3, 0.4) is 0 Å². The largest absolute Gasteiger partial charge is 0.497 e. The molecule has 2 aliphatic heterocycles. The van der Waals surface area contributed by atoms with E-state index in [1.165, 1.54) is 18.2 Å². The molecule has 0 spiro atoms. The smallest absolute Gasteiger partial charge is 0.416 e. The fourth-order valence-corrected chi connectivity index (χ4v) is 6.43. The second kappa shape index (κ2) is 15.2. The Morgan fingerprint density at radius 2 is 1.63 bits per heavy atom. The highest BCUT2D eigenvalue weighted by Crippen LogP contribution is 2.42. The van der Waals surface area contributed by atoms with Gasteiger partial charge in [0.2, 0.25) is 11.9 Å². The summed E-state index contributed by atoms with van der Waals surface area (Å²) in [5.74, 6) is 0.106. The van der Waals surface area contributed by atoms with Crippen molar-refractivity contribution in [1.29, 1.82) is 0 Å². The Balaban J connectivity index is 1.55. The normalized spacial score (nSPS) is 18.0. The molecule has 0 radical (unpaired) electrons. The number of nitrogens with one attached hydrogen (secondary N) is 1. The molecule has 2 amide bonds. The number of nitrogens with zero attached hydrogens (tertiary/aromatic N) is 5. The van der Waals surface area contributed by atoms with Crippen molar-refractivity contribution in [2.24, 2.45) is 0 Å².